The second-order valence-corrected chi connectivity index (χ2v) is 16.9. The SMILES string of the molecule is CCCCC/C=C\C/C=C\CCCCCCCCCC(=O)O[C@H](CO/C=C\CCCCCCCCCCCCCCCCCC)COP(=O)(O)OC[C@@H](O)CO. The molecule has 0 aliphatic rings. The molecule has 330 valence electrons. The zero-order valence-corrected chi connectivity index (χ0v) is 37.0. The Morgan fingerprint density at radius 2 is 0.964 bits per heavy atom. The third kappa shape index (κ3) is 42.1. The van der Waals surface area contributed by atoms with Crippen molar-refractivity contribution in [2.45, 2.75) is 225 Å². The number of hydrogen-bond acceptors (Lipinski definition) is 8. The van der Waals surface area contributed by atoms with E-state index in [1.807, 2.05) is 6.08 Å². The molecule has 0 aromatic carbocycles. The third-order valence-electron chi connectivity index (χ3n) is 9.89. The summed E-state index contributed by atoms with van der Waals surface area (Å²) in [6.45, 7) is 2.87. The highest BCUT2D eigenvalue weighted by atomic mass is 31.2. The van der Waals surface area contributed by atoms with E-state index in [-0.39, 0.29) is 13.0 Å². The lowest BCUT2D eigenvalue weighted by molar-refractivity contribution is -0.153. The van der Waals surface area contributed by atoms with Gasteiger partial charge in [0.15, 0.2) is 6.10 Å². The van der Waals surface area contributed by atoms with Crippen molar-refractivity contribution < 1.29 is 43.0 Å². The van der Waals surface area contributed by atoms with Crippen LogP contribution in [-0.4, -0.2) is 59.7 Å². The van der Waals surface area contributed by atoms with E-state index in [0.29, 0.717) is 6.42 Å². The van der Waals surface area contributed by atoms with Gasteiger partial charge >= 0.3 is 13.8 Å². The van der Waals surface area contributed by atoms with Gasteiger partial charge in [0.25, 0.3) is 0 Å². The van der Waals surface area contributed by atoms with Gasteiger partial charge in [-0.05, 0) is 57.4 Å². The highest BCUT2D eigenvalue weighted by Crippen LogP contribution is 2.43. The lowest BCUT2D eigenvalue weighted by atomic mass is 10.0. The highest BCUT2D eigenvalue weighted by Gasteiger charge is 2.26. The van der Waals surface area contributed by atoms with Crippen LogP contribution in [0.4, 0.5) is 0 Å². The molecule has 3 atom stereocenters. The van der Waals surface area contributed by atoms with Crippen LogP contribution in [0.3, 0.4) is 0 Å². The van der Waals surface area contributed by atoms with Crippen molar-refractivity contribution in [2.24, 2.45) is 0 Å². The number of carbonyl (C=O) groups is 1. The average molecular weight is 815 g/mol. The van der Waals surface area contributed by atoms with E-state index in [4.69, 9.17) is 23.6 Å². The second kappa shape index (κ2) is 43.1. The summed E-state index contributed by atoms with van der Waals surface area (Å²) in [5.74, 6) is -0.411. The molecule has 0 saturated carbocycles. The van der Waals surface area contributed by atoms with Gasteiger partial charge in [-0.25, -0.2) is 4.57 Å². The van der Waals surface area contributed by atoms with Crippen LogP contribution in [0, 0.1) is 0 Å². The number of allylic oxidation sites excluding steroid dienone is 5. The van der Waals surface area contributed by atoms with Crippen LogP contribution in [-0.2, 0) is 27.9 Å². The van der Waals surface area contributed by atoms with E-state index >= 15 is 0 Å². The number of aliphatic hydroxyl groups excluding tert-OH is 2. The fourth-order valence-electron chi connectivity index (χ4n) is 6.35. The van der Waals surface area contributed by atoms with Crippen molar-refractivity contribution in [2.75, 3.05) is 26.4 Å². The number of unbranched alkanes of at least 4 members (excludes halogenated alkanes) is 26. The van der Waals surface area contributed by atoms with E-state index in [9.17, 15) is 19.4 Å². The minimum Gasteiger partial charge on any atom is -0.498 e. The predicted molar refractivity (Wildman–Crippen MR) is 233 cm³/mol. The Kier molecular flexibility index (Phi) is 42.0. The van der Waals surface area contributed by atoms with Gasteiger partial charge in [-0.15, -0.1) is 0 Å². The third-order valence-corrected chi connectivity index (χ3v) is 10.8. The van der Waals surface area contributed by atoms with Gasteiger partial charge in [0.2, 0.25) is 0 Å². The second-order valence-electron chi connectivity index (χ2n) is 15.5. The summed E-state index contributed by atoms with van der Waals surface area (Å²) in [5, 5.41) is 18.4. The molecule has 0 heterocycles. The minimum absolute atomic E-state index is 0.0363. The van der Waals surface area contributed by atoms with E-state index in [0.717, 1.165) is 44.9 Å². The summed E-state index contributed by atoms with van der Waals surface area (Å²) in [6, 6.07) is 0. The maximum atomic E-state index is 12.6. The summed E-state index contributed by atoms with van der Waals surface area (Å²) in [4.78, 5) is 22.6. The highest BCUT2D eigenvalue weighted by molar-refractivity contribution is 7.47. The fourth-order valence-corrected chi connectivity index (χ4v) is 7.14. The van der Waals surface area contributed by atoms with Crippen molar-refractivity contribution in [1.29, 1.82) is 0 Å². The summed E-state index contributed by atoms with van der Waals surface area (Å²) >= 11 is 0. The van der Waals surface area contributed by atoms with Crippen LogP contribution in [0.25, 0.3) is 0 Å². The first-order valence-electron chi connectivity index (χ1n) is 23.0. The molecule has 9 nitrogen and oxygen atoms in total. The molecule has 0 aromatic rings. The number of rotatable bonds is 44. The predicted octanol–water partition coefficient (Wildman–Crippen LogP) is 13.2. The number of ether oxygens (including phenoxy) is 2. The van der Waals surface area contributed by atoms with Gasteiger partial charge in [0.05, 0.1) is 26.1 Å². The molecular formula is C46H87O9P. The van der Waals surface area contributed by atoms with Crippen LogP contribution in [0.2, 0.25) is 0 Å². The van der Waals surface area contributed by atoms with Crippen LogP contribution in [0.5, 0.6) is 0 Å². The molecule has 0 bridgehead atoms. The Morgan fingerprint density at radius 1 is 0.554 bits per heavy atom. The van der Waals surface area contributed by atoms with Crippen molar-refractivity contribution in [3.63, 3.8) is 0 Å². The van der Waals surface area contributed by atoms with E-state index < -0.39 is 45.8 Å². The van der Waals surface area contributed by atoms with E-state index in [1.54, 1.807) is 6.26 Å². The van der Waals surface area contributed by atoms with Crippen molar-refractivity contribution in [1.82, 2.24) is 0 Å². The molecule has 0 aliphatic heterocycles. The van der Waals surface area contributed by atoms with Crippen LogP contribution in [0.1, 0.15) is 213 Å². The standard InChI is InChI=1S/C46H87O9P/c1-3-5-7-9-11-13-15-17-19-21-23-25-27-29-31-33-35-37-39-52-42-45(43-54-56(50,51)53-41-44(48)40-47)55-46(49)38-36-34-32-30-28-26-24-22-20-18-16-14-12-10-8-6-4-2/h12,14,18,20,37,39,44-45,47-48H,3-11,13,15-17,19,21-36,38,40-43H2,1-2H3,(H,50,51)/b14-12-,20-18-,39-37-/t44-,45+/m0/s1. The number of esters is 1. The monoisotopic (exact) mass is 815 g/mol. The minimum atomic E-state index is -4.54. The molecule has 0 aliphatic carbocycles. The van der Waals surface area contributed by atoms with Crippen LogP contribution < -0.4 is 0 Å². The smallest absolute Gasteiger partial charge is 0.472 e. The zero-order valence-electron chi connectivity index (χ0n) is 36.1. The Balaban J connectivity index is 4.19. The van der Waals surface area contributed by atoms with Gasteiger partial charge < -0.3 is 24.6 Å². The van der Waals surface area contributed by atoms with Gasteiger partial charge in [-0.2, -0.15) is 0 Å². The normalized spacial score (nSPS) is 14.2. The first-order valence-corrected chi connectivity index (χ1v) is 24.5. The van der Waals surface area contributed by atoms with E-state index in [2.05, 4.69) is 38.2 Å². The van der Waals surface area contributed by atoms with Crippen LogP contribution in [0.15, 0.2) is 36.6 Å². The maximum absolute atomic E-state index is 12.6. The number of hydrogen-bond donors (Lipinski definition) is 3. The topological polar surface area (TPSA) is 132 Å². The lowest BCUT2D eigenvalue weighted by Crippen LogP contribution is -2.28. The quantitative estimate of drug-likeness (QED) is 0.0181. The summed E-state index contributed by atoms with van der Waals surface area (Å²) in [6.07, 6.45) is 47.6. The molecule has 0 radical (unpaired) electrons. The Hall–Kier alpha value is -1.48. The molecule has 0 aromatic heterocycles. The molecule has 0 spiro atoms. The molecule has 0 rings (SSSR count). The first kappa shape index (κ1) is 54.5. The molecule has 0 amide bonds. The summed E-state index contributed by atoms with van der Waals surface area (Å²) < 4.78 is 33.2. The van der Waals surface area contributed by atoms with Crippen molar-refractivity contribution >= 4 is 13.8 Å². The largest absolute Gasteiger partial charge is 0.498 e. The van der Waals surface area contributed by atoms with Gasteiger partial charge in [0, 0.05) is 6.42 Å². The Morgan fingerprint density at radius 3 is 1.46 bits per heavy atom. The average Bonchev–Trinajstić information content (AvgIpc) is 3.19. The first-order chi connectivity index (χ1) is 27.3. The summed E-state index contributed by atoms with van der Waals surface area (Å²) in [5.41, 5.74) is 0. The molecule has 0 saturated heterocycles. The number of phosphoric ester groups is 1. The fraction of sp³-hybridized carbons (Fsp3) is 0.848. The lowest BCUT2D eigenvalue weighted by Gasteiger charge is -2.20. The number of carbonyl (C=O) groups excluding carboxylic acids is 1. The molecule has 56 heavy (non-hydrogen) atoms. The summed E-state index contributed by atoms with van der Waals surface area (Å²) in [7, 11) is -4.54. The molecule has 0 fully saturated rings. The molecule has 10 heteroatoms. The molecular weight excluding hydrogens is 727 g/mol. The Bertz CT molecular complexity index is 970. The molecule has 3 N–H and O–H groups in total. The maximum Gasteiger partial charge on any atom is 0.472 e. The molecule has 1 unspecified atom stereocenters. The van der Waals surface area contributed by atoms with Crippen LogP contribution >= 0.6 is 7.82 Å². The zero-order chi connectivity index (χ0) is 41.1. The van der Waals surface area contributed by atoms with E-state index in [1.165, 1.54) is 141 Å². The van der Waals surface area contributed by atoms with Gasteiger partial charge in [-0.3, -0.25) is 13.8 Å². The van der Waals surface area contributed by atoms with Crippen molar-refractivity contribution in [3.8, 4) is 0 Å². The Labute approximate surface area is 344 Å². The number of phosphoric acid groups is 1. The van der Waals surface area contributed by atoms with Crippen molar-refractivity contribution in [3.05, 3.63) is 36.6 Å². The van der Waals surface area contributed by atoms with Gasteiger partial charge in [0.1, 0.15) is 12.7 Å². The van der Waals surface area contributed by atoms with Gasteiger partial charge in [-0.1, -0.05) is 179 Å². The number of aliphatic hydroxyl groups is 2.